The highest BCUT2D eigenvalue weighted by Crippen LogP contribution is 2.27. The normalized spacial score (nSPS) is 10.8. The van der Waals surface area contributed by atoms with Crippen molar-refractivity contribution in [1.82, 2.24) is 9.97 Å². The SMILES string of the molecule is C#CCN(CC(=O)O)c1nccc(C(F)(F)F)n1. The topological polar surface area (TPSA) is 66.3 Å². The largest absolute Gasteiger partial charge is 0.480 e. The Labute approximate surface area is 100 Å². The summed E-state index contributed by atoms with van der Waals surface area (Å²) in [6.07, 6.45) is 1.28. The summed E-state index contributed by atoms with van der Waals surface area (Å²) in [5.74, 6) is 0.517. The highest BCUT2D eigenvalue weighted by molar-refractivity contribution is 5.72. The van der Waals surface area contributed by atoms with Crippen molar-refractivity contribution >= 4 is 11.9 Å². The van der Waals surface area contributed by atoms with Crippen molar-refractivity contribution in [3.05, 3.63) is 18.0 Å². The lowest BCUT2D eigenvalue weighted by molar-refractivity contribution is -0.141. The van der Waals surface area contributed by atoms with Gasteiger partial charge in [0.05, 0.1) is 6.54 Å². The Balaban J connectivity index is 3.06. The quantitative estimate of drug-likeness (QED) is 0.818. The Hall–Kier alpha value is -2.30. The number of terminal acetylenes is 1. The number of rotatable bonds is 4. The molecule has 0 amide bonds. The molecule has 0 unspecified atom stereocenters. The van der Waals surface area contributed by atoms with Crippen LogP contribution in [0.1, 0.15) is 5.69 Å². The third kappa shape index (κ3) is 3.62. The molecule has 1 rings (SSSR count). The van der Waals surface area contributed by atoms with Crippen LogP contribution in [-0.2, 0) is 11.0 Å². The standard InChI is InChI=1S/C10H8F3N3O2/c1-2-5-16(6-8(17)18)9-14-4-3-7(15-9)10(11,12)13/h1,3-4H,5-6H2,(H,17,18). The summed E-state index contributed by atoms with van der Waals surface area (Å²) >= 11 is 0. The van der Waals surface area contributed by atoms with Crippen LogP contribution in [0.15, 0.2) is 12.3 Å². The van der Waals surface area contributed by atoms with Gasteiger partial charge >= 0.3 is 12.1 Å². The molecule has 0 bridgehead atoms. The maximum absolute atomic E-state index is 12.4. The van der Waals surface area contributed by atoms with Crippen molar-refractivity contribution in [3.8, 4) is 12.3 Å². The zero-order valence-electron chi connectivity index (χ0n) is 8.98. The zero-order valence-corrected chi connectivity index (χ0v) is 8.98. The van der Waals surface area contributed by atoms with Crippen LogP contribution in [0, 0.1) is 12.3 Å². The van der Waals surface area contributed by atoms with E-state index >= 15 is 0 Å². The summed E-state index contributed by atoms with van der Waals surface area (Å²) in [6, 6.07) is 0.693. The summed E-state index contributed by atoms with van der Waals surface area (Å²) in [4.78, 5) is 18.3. The van der Waals surface area contributed by atoms with Gasteiger partial charge in [-0.1, -0.05) is 5.92 Å². The number of carboxylic acids is 1. The number of aliphatic carboxylic acids is 1. The minimum Gasteiger partial charge on any atom is -0.480 e. The van der Waals surface area contributed by atoms with E-state index in [1.807, 2.05) is 0 Å². The number of nitrogens with zero attached hydrogens (tertiary/aromatic N) is 3. The Morgan fingerprint density at radius 1 is 1.56 bits per heavy atom. The molecule has 0 fully saturated rings. The molecule has 0 aromatic carbocycles. The molecule has 0 aliphatic heterocycles. The smallest absolute Gasteiger partial charge is 0.433 e. The van der Waals surface area contributed by atoms with Crippen LogP contribution in [0.5, 0.6) is 0 Å². The summed E-state index contributed by atoms with van der Waals surface area (Å²) in [7, 11) is 0. The van der Waals surface area contributed by atoms with Gasteiger partial charge in [-0.05, 0) is 6.07 Å². The van der Waals surface area contributed by atoms with E-state index in [-0.39, 0.29) is 12.5 Å². The summed E-state index contributed by atoms with van der Waals surface area (Å²) in [5.41, 5.74) is -1.15. The maximum atomic E-state index is 12.4. The van der Waals surface area contributed by atoms with Gasteiger partial charge in [-0.2, -0.15) is 13.2 Å². The number of aromatic nitrogens is 2. The van der Waals surface area contributed by atoms with Gasteiger partial charge in [0, 0.05) is 6.20 Å². The van der Waals surface area contributed by atoms with Crippen molar-refractivity contribution in [2.24, 2.45) is 0 Å². The average Bonchev–Trinajstić information content (AvgIpc) is 2.27. The molecule has 96 valence electrons. The molecule has 1 aromatic rings. The van der Waals surface area contributed by atoms with E-state index < -0.39 is 24.4 Å². The molecule has 0 atom stereocenters. The van der Waals surface area contributed by atoms with Crippen molar-refractivity contribution in [2.45, 2.75) is 6.18 Å². The number of halogens is 3. The highest BCUT2D eigenvalue weighted by atomic mass is 19.4. The zero-order chi connectivity index (χ0) is 13.8. The molecule has 18 heavy (non-hydrogen) atoms. The average molecular weight is 259 g/mol. The minimum atomic E-state index is -4.62. The molecule has 0 aliphatic rings. The van der Waals surface area contributed by atoms with Crippen molar-refractivity contribution < 1.29 is 23.1 Å². The van der Waals surface area contributed by atoms with E-state index in [9.17, 15) is 18.0 Å². The molecule has 0 saturated carbocycles. The van der Waals surface area contributed by atoms with Gasteiger partial charge in [0.25, 0.3) is 0 Å². The van der Waals surface area contributed by atoms with Crippen LogP contribution < -0.4 is 4.90 Å². The van der Waals surface area contributed by atoms with E-state index in [2.05, 4.69) is 15.9 Å². The summed E-state index contributed by atoms with van der Waals surface area (Å²) < 4.78 is 37.2. The van der Waals surface area contributed by atoms with Crippen LogP contribution >= 0.6 is 0 Å². The first-order valence-corrected chi connectivity index (χ1v) is 4.65. The van der Waals surface area contributed by atoms with Crippen LogP contribution in [0.3, 0.4) is 0 Å². The lowest BCUT2D eigenvalue weighted by Crippen LogP contribution is -2.32. The lowest BCUT2D eigenvalue weighted by atomic mass is 10.4. The maximum Gasteiger partial charge on any atom is 0.433 e. The van der Waals surface area contributed by atoms with Gasteiger partial charge in [0.15, 0.2) is 0 Å². The molecule has 1 heterocycles. The van der Waals surface area contributed by atoms with E-state index in [0.29, 0.717) is 6.07 Å². The van der Waals surface area contributed by atoms with Crippen molar-refractivity contribution in [3.63, 3.8) is 0 Å². The predicted molar refractivity (Wildman–Crippen MR) is 55.7 cm³/mol. The van der Waals surface area contributed by atoms with Gasteiger partial charge in [0.2, 0.25) is 5.95 Å². The first-order valence-electron chi connectivity index (χ1n) is 4.65. The molecule has 0 saturated heterocycles. The van der Waals surface area contributed by atoms with E-state index in [1.54, 1.807) is 0 Å². The molecular weight excluding hydrogens is 251 g/mol. The Morgan fingerprint density at radius 2 is 2.22 bits per heavy atom. The molecule has 0 spiro atoms. The van der Waals surface area contributed by atoms with Gasteiger partial charge in [-0.15, -0.1) is 6.42 Å². The molecule has 0 radical (unpaired) electrons. The summed E-state index contributed by atoms with van der Waals surface area (Å²) in [5, 5.41) is 8.61. The van der Waals surface area contributed by atoms with E-state index in [0.717, 1.165) is 11.1 Å². The Kier molecular flexibility index (Phi) is 4.09. The number of anilines is 1. The van der Waals surface area contributed by atoms with Crippen LogP contribution in [0.25, 0.3) is 0 Å². The monoisotopic (exact) mass is 259 g/mol. The number of carbonyl (C=O) groups is 1. The molecule has 1 N–H and O–H groups in total. The second-order valence-electron chi connectivity index (χ2n) is 3.19. The second-order valence-corrected chi connectivity index (χ2v) is 3.19. The Bertz CT molecular complexity index is 482. The fourth-order valence-corrected chi connectivity index (χ4v) is 1.13. The fourth-order valence-electron chi connectivity index (χ4n) is 1.13. The first-order chi connectivity index (χ1) is 8.34. The molecule has 5 nitrogen and oxygen atoms in total. The highest BCUT2D eigenvalue weighted by Gasteiger charge is 2.33. The molecule has 0 aliphatic carbocycles. The number of carboxylic acid groups (broad SMARTS) is 1. The number of alkyl halides is 3. The summed E-state index contributed by atoms with van der Waals surface area (Å²) in [6.45, 7) is -0.779. The fraction of sp³-hybridized carbons (Fsp3) is 0.300. The predicted octanol–water partition coefficient (Wildman–Crippen LogP) is 1.02. The number of hydrogen-bond acceptors (Lipinski definition) is 4. The van der Waals surface area contributed by atoms with Gasteiger partial charge in [0.1, 0.15) is 12.2 Å². The molecule has 8 heteroatoms. The third-order valence-electron chi connectivity index (χ3n) is 1.82. The van der Waals surface area contributed by atoms with Crippen molar-refractivity contribution in [2.75, 3.05) is 18.0 Å². The molecule has 1 aromatic heterocycles. The number of hydrogen-bond donors (Lipinski definition) is 1. The van der Waals surface area contributed by atoms with E-state index in [4.69, 9.17) is 11.5 Å². The van der Waals surface area contributed by atoms with Crippen LogP contribution in [0.2, 0.25) is 0 Å². The third-order valence-corrected chi connectivity index (χ3v) is 1.82. The second kappa shape index (κ2) is 5.35. The van der Waals surface area contributed by atoms with Crippen LogP contribution in [0.4, 0.5) is 19.1 Å². The molecular formula is C10H8F3N3O2. The van der Waals surface area contributed by atoms with Crippen LogP contribution in [-0.4, -0.2) is 34.1 Å². The van der Waals surface area contributed by atoms with Gasteiger partial charge in [-0.3, -0.25) is 4.79 Å². The minimum absolute atomic E-state index is 0.201. The lowest BCUT2D eigenvalue weighted by Gasteiger charge is -2.18. The first kappa shape index (κ1) is 13.8. The Morgan fingerprint density at radius 3 is 2.72 bits per heavy atom. The van der Waals surface area contributed by atoms with Gasteiger partial charge < -0.3 is 10.0 Å². The van der Waals surface area contributed by atoms with Gasteiger partial charge in [-0.25, -0.2) is 9.97 Å². The van der Waals surface area contributed by atoms with E-state index in [1.165, 1.54) is 0 Å². The van der Waals surface area contributed by atoms with Crippen molar-refractivity contribution in [1.29, 1.82) is 0 Å².